The van der Waals surface area contributed by atoms with Crippen LogP contribution in [0.25, 0.3) is 0 Å². The van der Waals surface area contributed by atoms with Gasteiger partial charge in [0.1, 0.15) is 31.9 Å². The molecule has 0 amide bonds. The van der Waals surface area contributed by atoms with Gasteiger partial charge in [0, 0.05) is 12.8 Å². The van der Waals surface area contributed by atoms with E-state index < -0.39 is 0 Å². The summed E-state index contributed by atoms with van der Waals surface area (Å²) in [5, 5.41) is 0. The van der Waals surface area contributed by atoms with Gasteiger partial charge < -0.3 is 14.5 Å². The predicted molar refractivity (Wildman–Crippen MR) is 88.0 cm³/mol. The number of ketones is 1. The van der Waals surface area contributed by atoms with Gasteiger partial charge in [-0.15, -0.1) is 0 Å². The van der Waals surface area contributed by atoms with Gasteiger partial charge in [0.05, 0.1) is 25.3 Å². The maximum atomic E-state index is 11.9. The lowest BCUT2D eigenvalue weighted by atomic mass is 10.1. The number of rotatable bonds is 8. The van der Waals surface area contributed by atoms with Crippen molar-refractivity contribution in [3.8, 4) is 5.75 Å². The summed E-state index contributed by atoms with van der Waals surface area (Å²) < 4.78 is 5.85. The van der Waals surface area contributed by atoms with Gasteiger partial charge in [0.2, 0.25) is 0 Å². The monoisotopic (exact) mass is 306 g/mol. The number of hydrogen-bond donors (Lipinski definition) is 2. The van der Waals surface area contributed by atoms with E-state index in [-0.39, 0.29) is 5.78 Å². The lowest BCUT2D eigenvalue weighted by Gasteiger charge is -2.28. The van der Waals surface area contributed by atoms with Gasteiger partial charge in [-0.1, -0.05) is 19.1 Å². The third-order valence-electron chi connectivity index (χ3n) is 4.61. The van der Waals surface area contributed by atoms with E-state index in [1.165, 1.54) is 39.3 Å². The van der Waals surface area contributed by atoms with Crippen molar-refractivity contribution in [2.24, 2.45) is 0 Å². The molecule has 0 aliphatic carbocycles. The number of carbonyl (C=O) groups is 1. The smallest absolute Gasteiger partial charge is 0.166 e. The van der Waals surface area contributed by atoms with E-state index in [0.29, 0.717) is 13.0 Å². The zero-order valence-corrected chi connectivity index (χ0v) is 14.0. The van der Waals surface area contributed by atoms with Crippen LogP contribution in [0.15, 0.2) is 24.3 Å². The zero-order valence-electron chi connectivity index (χ0n) is 14.0. The van der Waals surface area contributed by atoms with E-state index >= 15 is 0 Å². The van der Waals surface area contributed by atoms with Gasteiger partial charge in [-0.3, -0.25) is 4.79 Å². The lowest BCUT2D eigenvalue weighted by Crippen LogP contribution is -3.28. The highest BCUT2D eigenvalue weighted by Gasteiger charge is 2.20. The fourth-order valence-corrected chi connectivity index (χ4v) is 3.08. The molecule has 0 unspecified atom stereocenters. The summed E-state index contributed by atoms with van der Waals surface area (Å²) in [5.74, 6) is 0.893. The molecule has 0 bridgehead atoms. The molecule has 0 atom stereocenters. The number of ether oxygens (including phenoxy) is 1. The number of piperazine rings is 1. The summed E-state index contributed by atoms with van der Waals surface area (Å²) in [5.41, 5.74) is 0.720. The molecule has 1 aliphatic heterocycles. The second-order valence-electron chi connectivity index (χ2n) is 6.08. The number of quaternary nitrogens is 2. The highest BCUT2D eigenvalue weighted by atomic mass is 16.5. The summed E-state index contributed by atoms with van der Waals surface area (Å²) in [6, 6.07) is 7.59. The number of benzene rings is 1. The maximum Gasteiger partial charge on any atom is 0.166 e. The Labute approximate surface area is 134 Å². The minimum atomic E-state index is 0.153. The van der Waals surface area contributed by atoms with E-state index in [1.807, 2.05) is 31.2 Å². The standard InChI is InChI=1S/C18H28N2O2/c1-3-17(21)16-8-5-6-9-18(16)22-15-7-10-20-13-11-19(4-2)12-14-20/h5-6,8-9H,3-4,7,10-15H2,1-2H3/p+2. The second-order valence-corrected chi connectivity index (χ2v) is 6.08. The minimum Gasteiger partial charge on any atom is -0.493 e. The molecular formula is C18H30N2O2+2. The SMILES string of the molecule is CCC(=O)c1ccccc1OCCC[NH+]1CC[NH+](CC)CC1. The molecule has 1 aliphatic rings. The first-order valence-corrected chi connectivity index (χ1v) is 8.66. The predicted octanol–water partition coefficient (Wildman–Crippen LogP) is -0.148. The zero-order chi connectivity index (χ0) is 15.8. The van der Waals surface area contributed by atoms with Crippen LogP contribution in [0.5, 0.6) is 5.75 Å². The molecule has 122 valence electrons. The number of carbonyl (C=O) groups excluding carboxylic acids is 1. The van der Waals surface area contributed by atoms with E-state index in [9.17, 15) is 4.79 Å². The van der Waals surface area contributed by atoms with Gasteiger partial charge in [-0.25, -0.2) is 0 Å². The number of Topliss-reactive ketones (excluding diaryl/α,β-unsaturated/α-hetero) is 1. The Balaban J connectivity index is 1.72. The second kappa shape index (κ2) is 8.91. The van der Waals surface area contributed by atoms with E-state index in [0.717, 1.165) is 17.7 Å². The van der Waals surface area contributed by atoms with Gasteiger partial charge in [0.15, 0.2) is 5.78 Å². The van der Waals surface area contributed by atoms with Crippen molar-refractivity contribution in [3.05, 3.63) is 29.8 Å². The van der Waals surface area contributed by atoms with Crippen LogP contribution in [0.3, 0.4) is 0 Å². The minimum absolute atomic E-state index is 0.153. The van der Waals surface area contributed by atoms with E-state index in [1.54, 1.807) is 9.80 Å². The lowest BCUT2D eigenvalue weighted by molar-refractivity contribution is -1.01. The molecule has 2 N–H and O–H groups in total. The molecular weight excluding hydrogens is 276 g/mol. The number of likely N-dealkylation sites (N-methyl/N-ethyl adjacent to an activating group) is 1. The van der Waals surface area contributed by atoms with Gasteiger partial charge in [-0.2, -0.15) is 0 Å². The van der Waals surface area contributed by atoms with Crippen molar-refractivity contribution in [2.75, 3.05) is 45.9 Å². The average Bonchev–Trinajstić information content (AvgIpc) is 2.59. The maximum absolute atomic E-state index is 11.9. The van der Waals surface area contributed by atoms with Crippen LogP contribution < -0.4 is 14.5 Å². The fourth-order valence-electron chi connectivity index (χ4n) is 3.08. The fraction of sp³-hybridized carbons (Fsp3) is 0.611. The third kappa shape index (κ3) is 4.82. The van der Waals surface area contributed by atoms with E-state index in [2.05, 4.69) is 6.92 Å². The molecule has 1 saturated heterocycles. The Morgan fingerprint density at radius 3 is 2.45 bits per heavy atom. The van der Waals surface area contributed by atoms with Crippen LogP contribution in [0.4, 0.5) is 0 Å². The molecule has 0 spiro atoms. The Hall–Kier alpha value is -1.39. The number of hydrogen-bond acceptors (Lipinski definition) is 2. The molecule has 0 aromatic heterocycles. The summed E-state index contributed by atoms with van der Waals surface area (Å²) >= 11 is 0. The molecule has 2 rings (SSSR count). The average molecular weight is 306 g/mol. The number of para-hydroxylation sites is 1. The highest BCUT2D eigenvalue weighted by molar-refractivity contribution is 5.98. The normalized spacial score (nSPS) is 21.5. The van der Waals surface area contributed by atoms with Crippen LogP contribution in [-0.2, 0) is 0 Å². The number of nitrogens with one attached hydrogen (secondary N) is 2. The van der Waals surface area contributed by atoms with Gasteiger partial charge >= 0.3 is 0 Å². The summed E-state index contributed by atoms with van der Waals surface area (Å²) in [7, 11) is 0. The summed E-state index contributed by atoms with van der Waals surface area (Å²) in [6.45, 7) is 12.4. The van der Waals surface area contributed by atoms with Crippen molar-refractivity contribution in [1.82, 2.24) is 0 Å². The Morgan fingerprint density at radius 1 is 1.09 bits per heavy atom. The van der Waals surface area contributed by atoms with Gasteiger partial charge in [-0.05, 0) is 19.1 Å². The van der Waals surface area contributed by atoms with Crippen molar-refractivity contribution >= 4 is 5.78 Å². The first kappa shape index (κ1) is 17.0. The van der Waals surface area contributed by atoms with Crippen molar-refractivity contribution < 1.29 is 19.3 Å². The largest absolute Gasteiger partial charge is 0.493 e. The van der Waals surface area contributed by atoms with Crippen LogP contribution in [-0.4, -0.2) is 51.7 Å². The van der Waals surface area contributed by atoms with Crippen molar-refractivity contribution in [3.63, 3.8) is 0 Å². The molecule has 1 aromatic carbocycles. The molecule has 1 fully saturated rings. The van der Waals surface area contributed by atoms with Crippen LogP contribution in [0.2, 0.25) is 0 Å². The van der Waals surface area contributed by atoms with Crippen LogP contribution in [0, 0.1) is 0 Å². The molecule has 1 heterocycles. The highest BCUT2D eigenvalue weighted by Crippen LogP contribution is 2.19. The van der Waals surface area contributed by atoms with Crippen LogP contribution in [0.1, 0.15) is 37.0 Å². The first-order chi connectivity index (χ1) is 10.7. The molecule has 4 nitrogen and oxygen atoms in total. The van der Waals surface area contributed by atoms with Crippen molar-refractivity contribution in [1.29, 1.82) is 0 Å². The topological polar surface area (TPSA) is 35.2 Å². The summed E-state index contributed by atoms with van der Waals surface area (Å²) in [6.07, 6.45) is 1.57. The molecule has 4 heteroatoms. The van der Waals surface area contributed by atoms with E-state index in [4.69, 9.17) is 4.74 Å². The summed E-state index contributed by atoms with van der Waals surface area (Å²) in [4.78, 5) is 15.3. The Morgan fingerprint density at radius 2 is 1.77 bits per heavy atom. The molecule has 22 heavy (non-hydrogen) atoms. The third-order valence-corrected chi connectivity index (χ3v) is 4.61. The Bertz CT molecular complexity index is 468. The first-order valence-electron chi connectivity index (χ1n) is 8.66. The molecule has 0 saturated carbocycles. The quantitative estimate of drug-likeness (QED) is 0.518. The van der Waals surface area contributed by atoms with Crippen LogP contribution >= 0.6 is 0 Å². The Kier molecular flexibility index (Phi) is 6.87. The van der Waals surface area contributed by atoms with Crippen molar-refractivity contribution in [2.45, 2.75) is 26.7 Å². The molecule has 0 radical (unpaired) electrons. The molecule has 1 aromatic rings. The van der Waals surface area contributed by atoms with Gasteiger partial charge in [0.25, 0.3) is 0 Å².